The van der Waals surface area contributed by atoms with E-state index in [1.165, 1.54) is 0 Å². The number of ether oxygens (including phenoxy) is 1. The first-order chi connectivity index (χ1) is 13.5. The number of likely N-dealkylation sites (tertiary alicyclic amines) is 1. The standard InChI is InChI=1S/C22H26ClN3O2/c1-17-21(27)26(20-5-3-2-4-6-20)16-22(28-17)10-13-25(14-11-22)12-9-19-8-7-18(23)15-24-19/h2-8,15,17H,9-14,16H2,1H3. The lowest BCUT2D eigenvalue weighted by atomic mass is 9.88. The van der Waals surface area contributed by atoms with Crippen LogP contribution in [0.25, 0.3) is 0 Å². The first kappa shape index (κ1) is 19.4. The number of morpholine rings is 1. The topological polar surface area (TPSA) is 45.7 Å². The van der Waals surface area contributed by atoms with Gasteiger partial charge >= 0.3 is 0 Å². The first-order valence-corrected chi connectivity index (χ1v) is 10.3. The summed E-state index contributed by atoms with van der Waals surface area (Å²) >= 11 is 5.91. The second-order valence-electron chi connectivity index (χ2n) is 7.76. The Bertz CT molecular complexity index is 804. The Morgan fingerprint density at radius 1 is 1.18 bits per heavy atom. The minimum Gasteiger partial charge on any atom is -0.360 e. The molecule has 2 saturated heterocycles. The Balaban J connectivity index is 1.37. The SMILES string of the molecule is CC1OC2(CCN(CCc3ccc(Cl)cn3)CC2)CN(c2ccccc2)C1=O. The molecule has 1 aromatic heterocycles. The maximum atomic E-state index is 12.7. The van der Waals surface area contributed by atoms with Gasteiger partial charge in [0.15, 0.2) is 0 Å². The summed E-state index contributed by atoms with van der Waals surface area (Å²) in [5, 5.41) is 0.671. The Labute approximate surface area is 171 Å². The molecular weight excluding hydrogens is 374 g/mol. The Hall–Kier alpha value is -1.95. The number of piperidine rings is 1. The number of amides is 1. The average Bonchev–Trinajstić information content (AvgIpc) is 2.72. The number of anilines is 1. The van der Waals surface area contributed by atoms with Crippen LogP contribution in [0.2, 0.25) is 5.02 Å². The van der Waals surface area contributed by atoms with E-state index in [0.717, 1.165) is 50.3 Å². The molecule has 1 spiro atoms. The molecule has 148 valence electrons. The second kappa shape index (κ2) is 8.19. The molecule has 1 unspecified atom stereocenters. The normalized spacial score (nSPS) is 22.6. The van der Waals surface area contributed by atoms with Gasteiger partial charge in [-0.15, -0.1) is 0 Å². The fourth-order valence-electron chi connectivity index (χ4n) is 4.16. The van der Waals surface area contributed by atoms with Crippen molar-refractivity contribution in [3.63, 3.8) is 0 Å². The summed E-state index contributed by atoms with van der Waals surface area (Å²) in [6.45, 7) is 5.42. The molecule has 3 heterocycles. The van der Waals surface area contributed by atoms with Crippen LogP contribution < -0.4 is 4.90 Å². The largest absolute Gasteiger partial charge is 0.360 e. The van der Waals surface area contributed by atoms with Crippen LogP contribution in [0.1, 0.15) is 25.5 Å². The van der Waals surface area contributed by atoms with Crippen molar-refractivity contribution in [2.24, 2.45) is 0 Å². The molecule has 2 aromatic rings. The van der Waals surface area contributed by atoms with Crippen molar-refractivity contribution >= 4 is 23.2 Å². The minimum atomic E-state index is -0.404. The molecular formula is C22H26ClN3O2. The highest BCUT2D eigenvalue weighted by Gasteiger charge is 2.45. The van der Waals surface area contributed by atoms with Crippen molar-refractivity contribution in [3.8, 4) is 0 Å². The third-order valence-corrected chi connectivity index (χ3v) is 6.02. The summed E-state index contributed by atoms with van der Waals surface area (Å²) in [5.41, 5.74) is 1.77. The van der Waals surface area contributed by atoms with Crippen LogP contribution >= 0.6 is 11.6 Å². The van der Waals surface area contributed by atoms with Crippen molar-refractivity contribution in [1.82, 2.24) is 9.88 Å². The molecule has 1 aromatic carbocycles. The lowest BCUT2D eigenvalue weighted by molar-refractivity contribution is -0.161. The number of carbonyl (C=O) groups excluding carboxylic acids is 1. The quantitative estimate of drug-likeness (QED) is 0.788. The van der Waals surface area contributed by atoms with E-state index in [1.54, 1.807) is 6.20 Å². The highest BCUT2D eigenvalue weighted by atomic mass is 35.5. The maximum absolute atomic E-state index is 12.7. The lowest BCUT2D eigenvalue weighted by Gasteiger charge is -2.49. The number of aromatic nitrogens is 1. The molecule has 0 N–H and O–H groups in total. The third-order valence-electron chi connectivity index (χ3n) is 5.79. The zero-order valence-electron chi connectivity index (χ0n) is 16.2. The third kappa shape index (κ3) is 4.22. The molecule has 0 aliphatic carbocycles. The van der Waals surface area contributed by atoms with Gasteiger partial charge in [0.2, 0.25) is 0 Å². The van der Waals surface area contributed by atoms with Crippen molar-refractivity contribution in [2.45, 2.75) is 37.9 Å². The highest BCUT2D eigenvalue weighted by Crippen LogP contribution is 2.35. The van der Waals surface area contributed by atoms with Gasteiger partial charge in [-0.2, -0.15) is 0 Å². The number of halogens is 1. The fourth-order valence-corrected chi connectivity index (χ4v) is 4.27. The van der Waals surface area contributed by atoms with Gasteiger partial charge in [-0.3, -0.25) is 9.78 Å². The van der Waals surface area contributed by atoms with Gasteiger partial charge in [0, 0.05) is 43.6 Å². The van der Waals surface area contributed by atoms with Crippen LogP contribution in [0.15, 0.2) is 48.7 Å². The molecule has 1 atom stereocenters. The van der Waals surface area contributed by atoms with Gasteiger partial charge in [-0.25, -0.2) is 0 Å². The van der Waals surface area contributed by atoms with Crippen LogP contribution in [-0.4, -0.2) is 53.7 Å². The molecule has 0 radical (unpaired) electrons. The summed E-state index contributed by atoms with van der Waals surface area (Å²) in [4.78, 5) is 21.4. The van der Waals surface area contributed by atoms with Crippen molar-refractivity contribution in [1.29, 1.82) is 0 Å². The average molecular weight is 400 g/mol. The predicted octanol–water partition coefficient (Wildman–Crippen LogP) is 3.56. The van der Waals surface area contributed by atoms with E-state index in [2.05, 4.69) is 9.88 Å². The summed E-state index contributed by atoms with van der Waals surface area (Å²) in [6, 6.07) is 13.8. The molecule has 5 nitrogen and oxygen atoms in total. The monoisotopic (exact) mass is 399 g/mol. The fraction of sp³-hybridized carbons (Fsp3) is 0.455. The summed E-state index contributed by atoms with van der Waals surface area (Å²) in [6.07, 6.45) is 4.08. The predicted molar refractivity (Wildman–Crippen MR) is 111 cm³/mol. The molecule has 1 amide bonds. The van der Waals surface area contributed by atoms with Gasteiger partial charge in [0.05, 0.1) is 17.2 Å². The van der Waals surface area contributed by atoms with Gasteiger partial charge in [0.25, 0.3) is 5.91 Å². The summed E-state index contributed by atoms with van der Waals surface area (Å²) in [5.74, 6) is 0.0491. The van der Waals surface area contributed by atoms with E-state index in [0.29, 0.717) is 11.6 Å². The van der Waals surface area contributed by atoms with Crippen molar-refractivity contribution in [2.75, 3.05) is 31.1 Å². The van der Waals surface area contributed by atoms with E-state index in [4.69, 9.17) is 16.3 Å². The zero-order chi connectivity index (χ0) is 19.6. The zero-order valence-corrected chi connectivity index (χ0v) is 16.9. The molecule has 2 aliphatic rings. The molecule has 2 fully saturated rings. The van der Waals surface area contributed by atoms with Crippen LogP contribution in [0.3, 0.4) is 0 Å². The minimum absolute atomic E-state index is 0.0491. The Kier molecular flexibility index (Phi) is 5.67. The van der Waals surface area contributed by atoms with E-state index in [-0.39, 0.29) is 11.5 Å². The van der Waals surface area contributed by atoms with E-state index >= 15 is 0 Å². The first-order valence-electron chi connectivity index (χ1n) is 9.92. The molecule has 0 saturated carbocycles. The number of hydrogen-bond donors (Lipinski definition) is 0. The number of nitrogens with zero attached hydrogens (tertiary/aromatic N) is 3. The van der Waals surface area contributed by atoms with E-state index < -0.39 is 6.10 Å². The lowest BCUT2D eigenvalue weighted by Crippen LogP contribution is -2.61. The van der Waals surface area contributed by atoms with E-state index in [1.807, 2.05) is 54.3 Å². The Morgan fingerprint density at radius 2 is 1.93 bits per heavy atom. The number of pyridine rings is 1. The van der Waals surface area contributed by atoms with Crippen LogP contribution in [-0.2, 0) is 16.0 Å². The van der Waals surface area contributed by atoms with Crippen LogP contribution in [0.5, 0.6) is 0 Å². The van der Waals surface area contributed by atoms with Crippen LogP contribution in [0, 0.1) is 0 Å². The summed E-state index contributed by atoms with van der Waals surface area (Å²) < 4.78 is 6.26. The van der Waals surface area contributed by atoms with Crippen molar-refractivity contribution < 1.29 is 9.53 Å². The van der Waals surface area contributed by atoms with Crippen LogP contribution in [0.4, 0.5) is 5.69 Å². The number of carbonyl (C=O) groups is 1. The molecule has 6 heteroatoms. The Morgan fingerprint density at radius 3 is 2.61 bits per heavy atom. The van der Waals surface area contributed by atoms with Gasteiger partial charge < -0.3 is 14.5 Å². The smallest absolute Gasteiger partial charge is 0.255 e. The number of benzene rings is 1. The van der Waals surface area contributed by atoms with Crippen molar-refractivity contribution in [3.05, 3.63) is 59.4 Å². The van der Waals surface area contributed by atoms with E-state index in [9.17, 15) is 4.79 Å². The summed E-state index contributed by atoms with van der Waals surface area (Å²) in [7, 11) is 0. The second-order valence-corrected chi connectivity index (χ2v) is 8.20. The highest BCUT2D eigenvalue weighted by molar-refractivity contribution is 6.30. The molecule has 28 heavy (non-hydrogen) atoms. The number of para-hydroxylation sites is 1. The maximum Gasteiger partial charge on any atom is 0.255 e. The van der Waals surface area contributed by atoms with Gasteiger partial charge in [-0.1, -0.05) is 29.8 Å². The molecule has 2 aliphatic heterocycles. The molecule has 4 rings (SSSR count). The number of hydrogen-bond acceptors (Lipinski definition) is 4. The van der Waals surface area contributed by atoms with Gasteiger partial charge in [0.1, 0.15) is 6.10 Å². The molecule has 0 bridgehead atoms. The number of rotatable bonds is 4. The van der Waals surface area contributed by atoms with Gasteiger partial charge in [-0.05, 0) is 44.0 Å².